The number of likely N-dealkylation sites (tertiary alicyclic amines) is 1. The minimum absolute atomic E-state index is 0.0832. The van der Waals surface area contributed by atoms with Gasteiger partial charge in [0, 0.05) is 31.5 Å². The molecule has 2 aliphatic rings. The van der Waals surface area contributed by atoms with E-state index in [0.717, 1.165) is 50.7 Å². The Hall–Kier alpha value is -2.48. The van der Waals surface area contributed by atoms with Crippen molar-refractivity contribution < 1.29 is 34.8 Å². The molecule has 2 fully saturated rings. The maximum Gasteiger partial charge on any atom is 0.511 e. The highest BCUT2D eigenvalue weighted by atomic mass is 32.2. The maximum absolute atomic E-state index is 13.0. The van der Waals surface area contributed by atoms with E-state index < -0.39 is 25.4 Å². The molecule has 1 unspecified atom stereocenters. The second-order valence-corrected chi connectivity index (χ2v) is 15.3. The predicted octanol–water partition coefficient (Wildman–Crippen LogP) is 4.87. The number of nitrogens with zero attached hydrogens (tertiary/aromatic N) is 2. The summed E-state index contributed by atoms with van der Waals surface area (Å²) in [6, 6.07) is 16.0. The normalized spacial score (nSPS) is 19.4. The van der Waals surface area contributed by atoms with Crippen molar-refractivity contribution in [2.45, 2.75) is 54.8 Å². The number of sulfone groups is 1. The topological polar surface area (TPSA) is 104 Å². The van der Waals surface area contributed by atoms with Crippen LogP contribution in [0.15, 0.2) is 59.5 Å². The largest absolute Gasteiger partial charge is 0.511 e. The molecular weight excluding hydrogens is 591 g/mol. The number of nitrogens with one attached hydrogen (secondary N) is 1. The molecule has 0 spiro atoms. The second-order valence-electron chi connectivity index (χ2n) is 11.3. The molecule has 42 heavy (non-hydrogen) atoms. The van der Waals surface area contributed by atoms with Crippen molar-refractivity contribution in [1.29, 1.82) is 0 Å². The van der Waals surface area contributed by atoms with Gasteiger partial charge in [0.25, 0.3) is 0 Å². The Morgan fingerprint density at radius 2 is 1.50 bits per heavy atom. The summed E-state index contributed by atoms with van der Waals surface area (Å²) in [7, 11) is -8.61. The molecule has 1 atom stereocenters. The molecule has 0 bridgehead atoms. The zero-order valence-electron chi connectivity index (χ0n) is 23.6. The lowest BCUT2D eigenvalue weighted by atomic mass is 9.78. The third-order valence-corrected chi connectivity index (χ3v) is 11.2. The van der Waals surface area contributed by atoms with Gasteiger partial charge in [-0.25, -0.2) is 16.8 Å². The van der Waals surface area contributed by atoms with Crippen molar-refractivity contribution in [3.63, 3.8) is 0 Å². The summed E-state index contributed by atoms with van der Waals surface area (Å²) in [5, 5.41) is 2.84. The van der Waals surface area contributed by atoms with Crippen LogP contribution >= 0.6 is 0 Å². The van der Waals surface area contributed by atoms with E-state index in [1.807, 2.05) is 30.3 Å². The number of piperidine rings is 2. The van der Waals surface area contributed by atoms with E-state index in [2.05, 4.69) is 10.2 Å². The Balaban J connectivity index is 1.26. The fourth-order valence-corrected chi connectivity index (χ4v) is 7.65. The SMILES string of the molecule is CS(=O)(=O)c1ccc(NC(=O)CC2CCN(CCC(c3ccccc3)C3CCN(S(=O)(=O)C(F)(F)F)CC3)CC2)cc1. The summed E-state index contributed by atoms with van der Waals surface area (Å²) in [6.45, 7) is 2.22. The lowest BCUT2D eigenvalue weighted by molar-refractivity contribution is -0.117. The Kier molecular flexibility index (Phi) is 10.4. The Morgan fingerprint density at radius 1 is 0.905 bits per heavy atom. The van der Waals surface area contributed by atoms with Crippen molar-refractivity contribution in [1.82, 2.24) is 9.21 Å². The molecule has 2 saturated heterocycles. The van der Waals surface area contributed by atoms with Crippen molar-refractivity contribution in [3.05, 3.63) is 60.2 Å². The summed E-state index contributed by atoms with van der Waals surface area (Å²) in [5.41, 5.74) is -3.61. The number of hydrogen-bond donors (Lipinski definition) is 1. The van der Waals surface area contributed by atoms with Crippen LogP contribution < -0.4 is 5.32 Å². The molecule has 0 saturated carbocycles. The monoisotopic (exact) mass is 629 g/mol. The zero-order valence-corrected chi connectivity index (χ0v) is 25.2. The van der Waals surface area contributed by atoms with Crippen LogP contribution in [0, 0.1) is 11.8 Å². The van der Waals surface area contributed by atoms with Crippen molar-refractivity contribution in [2.75, 3.05) is 44.3 Å². The summed E-state index contributed by atoms with van der Waals surface area (Å²) in [6.07, 6.45) is 4.82. The van der Waals surface area contributed by atoms with Crippen LogP contribution in [-0.4, -0.2) is 76.4 Å². The number of carbonyl (C=O) groups excluding carboxylic acids is 1. The molecular formula is C29H38F3N3O5S2. The Morgan fingerprint density at radius 3 is 2.05 bits per heavy atom. The second kappa shape index (κ2) is 13.4. The first kappa shape index (κ1) is 32.4. The lowest BCUT2D eigenvalue weighted by Gasteiger charge is -2.37. The highest BCUT2D eigenvalue weighted by Crippen LogP contribution is 2.38. The average molecular weight is 630 g/mol. The van der Waals surface area contributed by atoms with Gasteiger partial charge >= 0.3 is 15.5 Å². The number of alkyl halides is 3. The van der Waals surface area contributed by atoms with Crippen LogP contribution in [0.4, 0.5) is 18.9 Å². The minimum Gasteiger partial charge on any atom is -0.326 e. The number of benzene rings is 2. The molecule has 2 aromatic carbocycles. The van der Waals surface area contributed by atoms with Crippen LogP contribution in [0.1, 0.15) is 50.0 Å². The van der Waals surface area contributed by atoms with E-state index in [1.165, 1.54) is 12.1 Å². The van der Waals surface area contributed by atoms with Gasteiger partial charge in [-0.15, -0.1) is 0 Å². The van der Waals surface area contributed by atoms with Gasteiger partial charge in [0.15, 0.2) is 9.84 Å². The minimum atomic E-state index is -5.31. The zero-order chi connectivity index (χ0) is 30.5. The van der Waals surface area contributed by atoms with Crippen molar-refractivity contribution >= 4 is 31.5 Å². The molecule has 4 rings (SSSR count). The van der Waals surface area contributed by atoms with Crippen molar-refractivity contribution in [3.8, 4) is 0 Å². The molecule has 2 aromatic rings. The van der Waals surface area contributed by atoms with Gasteiger partial charge in [-0.05, 0) is 99.3 Å². The van der Waals surface area contributed by atoms with Gasteiger partial charge in [-0.1, -0.05) is 30.3 Å². The maximum atomic E-state index is 13.0. The summed E-state index contributed by atoms with van der Waals surface area (Å²) >= 11 is 0. The molecule has 0 aromatic heterocycles. The van der Waals surface area contributed by atoms with Gasteiger partial charge < -0.3 is 10.2 Å². The smallest absolute Gasteiger partial charge is 0.326 e. The van der Waals surface area contributed by atoms with Crippen LogP contribution in [0.5, 0.6) is 0 Å². The Bertz CT molecular complexity index is 1400. The summed E-state index contributed by atoms with van der Waals surface area (Å²) < 4.78 is 86.6. The number of sulfonamides is 1. The highest BCUT2D eigenvalue weighted by Gasteiger charge is 2.50. The van der Waals surface area contributed by atoms with E-state index in [9.17, 15) is 34.8 Å². The number of hydrogen-bond acceptors (Lipinski definition) is 6. The van der Waals surface area contributed by atoms with Crippen LogP contribution in [0.25, 0.3) is 0 Å². The van der Waals surface area contributed by atoms with Gasteiger partial charge in [-0.2, -0.15) is 17.5 Å². The third-order valence-electron chi connectivity index (χ3n) is 8.43. The quantitative estimate of drug-likeness (QED) is 0.403. The highest BCUT2D eigenvalue weighted by molar-refractivity contribution is 7.90. The van der Waals surface area contributed by atoms with Gasteiger partial charge in [0.2, 0.25) is 5.91 Å². The first-order valence-corrected chi connectivity index (χ1v) is 17.5. The number of carbonyl (C=O) groups is 1. The Labute approximate surface area is 246 Å². The summed E-state index contributed by atoms with van der Waals surface area (Å²) in [5.74, 6) is 0.323. The molecule has 0 aliphatic carbocycles. The van der Waals surface area contributed by atoms with Crippen LogP contribution in [0.3, 0.4) is 0 Å². The van der Waals surface area contributed by atoms with Crippen LogP contribution in [0.2, 0.25) is 0 Å². The number of rotatable bonds is 10. The fourth-order valence-electron chi connectivity index (χ4n) is 6.04. The number of halogens is 3. The fraction of sp³-hybridized carbons (Fsp3) is 0.552. The van der Waals surface area contributed by atoms with Gasteiger partial charge in [-0.3, -0.25) is 4.79 Å². The lowest BCUT2D eigenvalue weighted by Crippen LogP contribution is -2.45. The van der Waals surface area contributed by atoms with E-state index >= 15 is 0 Å². The van der Waals surface area contributed by atoms with Crippen LogP contribution in [-0.2, 0) is 24.7 Å². The van der Waals surface area contributed by atoms with Gasteiger partial charge in [0.1, 0.15) is 0 Å². The summed E-state index contributed by atoms with van der Waals surface area (Å²) in [4.78, 5) is 15.1. The molecule has 2 heterocycles. The first-order valence-electron chi connectivity index (χ1n) is 14.2. The van der Waals surface area contributed by atoms with E-state index in [1.54, 1.807) is 12.1 Å². The van der Waals surface area contributed by atoms with E-state index in [-0.39, 0.29) is 41.6 Å². The molecule has 8 nitrogen and oxygen atoms in total. The molecule has 1 amide bonds. The number of anilines is 1. The molecule has 1 N–H and O–H groups in total. The number of amides is 1. The predicted molar refractivity (Wildman–Crippen MR) is 155 cm³/mol. The van der Waals surface area contributed by atoms with E-state index in [0.29, 0.717) is 29.3 Å². The average Bonchev–Trinajstić information content (AvgIpc) is 2.94. The first-order chi connectivity index (χ1) is 19.7. The third kappa shape index (κ3) is 8.33. The van der Waals surface area contributed by atoms with Crippen molar-refractivity contribution in [2.24, 2.45) is 11.8 Å². The van der Waals surface area contributed by atoms with Gasteiger partial charge in [0.05, 0.1) is 4.90 Å². The van der Waals surface area contributed by atoms with E-state index in [4.69, 9.17) is 0 Å². The molecule has 13 heteroatoms. The molecule has 0 radical (unpaired) electrons. The molecule has 232 valence electrons. The standard InChI is InChI=1S/C29H38F3N3O5S2/c1-41(37,38)26-9-7-25(8-10-26)33-28(36)21-22-11-16-34(17-12-22)18-15-27(23-5-3-2-4-6-23)24-13-19-35(20-14-24)42(39,40)29(30,31)32/h2-10,22,24,27H,11-21H2,1H3,(H,33,36). The molecule has 2 aliphatic heterocycles.